The van der Waals surface area contributed by atoms with E-state index in [1.165, 1.54) is 0 Å². The summed E-state index contributed by atoms with van der Waals surface area (Å²) in [4.78, 5) is 24.0. The Morgan fingerprint density at radius 1 is 1.29 bits per heavy atom. The lowest BCUT2D eigenvalue weighted by Crippen LogP contribution is -2.06. The van der Waals surface area contributed by atoms with Crippen molar-refractivity contribution in [1.29, 1.82) is 0 Å². The fourth-order valence-electron chi connectivity index (χ4n) is 2.47. The Hall–Kier alpha value is -2.59. The Kier molecular flexibility index (Phi) is 4.40. The van der Waals surface area contributed by atoms with E-state index in [2.05, 4.69) is 0 Å². The number of hydrogen-bond acceptors (Lipinski definition) is 4. The summed E-state index contributed by atoms with van der Waals surface area (Å²) >= 11 is 6.12. The minimum Gasteiger partial charge on any atom is -0.452 e. The molecule has 5 heteroatoms. The van der Waals surface area contributed by atoms with Crippen molar-refractivity contribution in [2.45, 2.75) is 20.3 Å². The Labute approximate surface area is 144 Å². The normalized spacial score (nSPS) is 14.5. The van der Waals surface area contributed by atoms with E-state index in [4.69, 9.17) is 21.1 Å². The molecule has 1 aliphatic heterocycles. The van der Waals surface area contributed by atoms with Crippen LogP contribution in [0.15, 0.2) is 42.2 Å². The summed E-state index contributed by atoms with van der Waals surface area (Å²) in [5.41, 5.74) is 1.87. The van der Waals surface area contributed by atoms with Crippen molar-refractivity contribution in [2.24, 2.45) is 0 Å². The Morgan fingerprint density at radius 2 is 2.04 bits per heavy atom. The monoisotopic (exact) mass is 342 g/mol. The fraction of sp³-hybridized carbons (Fsp3) is 0.158. The maximum absolute atomic E-state index is 12.6. The van der Waals surface area contributed by atoms with Crippen molar-refractivity contribution >= 4 is 29.4 Å². The maximum atomic E-state index is 12.6. The van der Waals surface area contributed by atoms with Crippen LogP contribution in [0.5, 0.6) is 11.5 Å². The summed E-state index contributed by atoms with van der Waals surface area (Å²) in [5, 5.41) is 0.534. The Morgan fingerprint density at radius 3 is 2.75 bits per heavy atom. The van der Waals surface area contributed by atoms with Gasteiger partial charge in [0.25, 0.3) is 0 Å². The lowest BCUT2D eigenvalue weighted by atomic mass is 10.0. The Balaban J connectivity index is 1.97. The molecule has 122 valence electrons. The van der Waals surface area contributed by atoms with E-state index in [9.17, 15) is 9.59 Å². The second-order valence-electron chi connectivity index (χ2n) is 5.40. The van der Waals surface area contributed by atoms with Gasteiger partial charge in [-0.3, -0.25) is 9.59 Å². The predicted octanol–water partition coefficient (Wildman–Crippen LogP) is 4.58. The average molecular weight is 343 g/mol. The van der Waals surface area contributed by atoms with Crippen LogP contribution in [0.3, 0.4) is 0 Å². The Bertz CT molecular complexity index is 868. The number of carbonyl (C=O) groups excluding carboxylic acids is 2. The number of ketones is 1. The quantitative estimate of drug-likeness (QED) is 0.465. The van der Waals surface area contributed by atoms with Gasteiger partial charge in [0.2, 0.25) is 5.78 Å². The molecule has 0 aliphatic carbocycles. The highest BCUT2D eigenvalue weighted by Crippen LogP contribution is 2.38. The van der Waals surface area contributed by atoms with E-state index >= 15 is 0 Å². The second-order valence-corrected chi connectivity index (χ2v) is 5.81. The third-order valence-corrected chi connectivity index (χ3v) is 4.00. The summed E-state index contributed by atoms with van der Waals surface area (Å²) in [7, 11) is 0. The second kappa shape index (κ2) is 6.49. The summed E-state index contributed by atoms with van der Waals surface area (Å²) in [5.74, 6) is 0.392. The van der Waals surface area contributed by atoms with E-state index in [0.717, 1.165) is 0 Å². The molecule has 0 aromatic heterocycles. The van der Waals surface area contributed by atoms with Crippen molar-refractivity contribution in [2.75, 3.05) is 0 Å². The van der Waals surface area contributed by atoms with Gasteiger partial charge in [0.1, 0.15) is 11.5 Å². The number of benzene rings is 2. The van der Waals surface area contributed by atoms with Gasteiger partial charge in [-0.1, -0.05) is 36.7 Å². The van der Waals surface area contributed by atoms with E-state index in [1.54, 1.807) is 44.2 Å². The SMILES string of the molecule is CCC(=O)Oc1cc(C)c2c(c1)O/C(=C\c1ccccc1Cl)C2=O. The van der Waals surface area contributed by atoms with Crippen LogP contribution in [0.2, 0.25) is 5.02 Å². The third kappa shape index (κ3) is 3.05. The molecule has 0 fully saturated rings. The van der Waals surface area contributed by atoms with E-state index in [1.807, 2.05) is 12.1 Å². The molecule has 0 saturated heterocycles. The molecule has 0 amide bonds. The highest BCUT2D eigenvalue weighted by molar-refractivity contribution is 6.32. The smallest absolute Gasteiger partial charge is 0.310 e. The minimum atomic E-state index is -0.342. The fourth-order valence-corrected chi connectivity index (χ4v) is 2.66. The van der Waals surface area contributed by atoms with Gasteiger partial charge in [-0.15, -0.1) is 0 Å². The van der Waals surface area contributed by atoms with Crippen LogP contribution in [0.1, 0.15) is 34.8 Å². The van der Waals surface area contributed by atoms with Crippen LogP contribution in [0.4, 0.5) is 0 Å². The zero-order valence-electron chi connectivity index (χ0n) is 13.3. The van der Waals surface area contributed by atoms with Gasteiger partial charge < -0.3 is 9.47 Å². The molecule has 0 N–H and O–H groups in total. The molecule has 0 radical (unpaired) electrons. The van der Waals surface area contributed by atoms with Crippen molar-refractivity contribution < 1.29 is 19.1 Å². The van der Waals surface area contributed by atoms with Gasteiger partial charge in [-0.25, -0.2) is 0 Å². The lowest BCUT2D eigenvalue weighted by Gasteiger charge is -2.06. The van der Waals surface area contributed by atoms with Crippen molar-refractivity contribution in [3.8, 4) is 11.5 Å². The van der Waals surface area contributed by atoms with Crippen LogP contribution >= 0.6 is 11.6 Å². The van der Waals surface area contributed by atoms with Crippen LogP contribution in [0, 0.1) is 6.92 Å². The number of fused-ring (bicyclic) bond motifs is 1. The standard InChI is InChI=1S/C19H15ClO4/c1-3-17(21)23-13-8-11(2)18-15(10-13)24-16(19(18)22)9-12-6-4-5-7-14(12)20/h4-10H,3H2,1-2H3/b16-9-. The van der Waals surface area contributed by atoms with Crippen LogP contribution < -0.4 is 9.47 Å². The number of esters is 1. The first kappa shape index (κ1) is 16.3. The predicted molar refractivity (Wildman–Crippen MR) is 91.5 cm³/mol. The van der Waals surface area contributed by atoms with Gasteiger partial charge >= 0.3 is 5.97 Å². The molecule has 0 unspecified atom stereocenters. The molecule has 0 spiro atoms. The number of Topliss-reactive ketones (excluding diaryl/α,β-unsaturated/α-hetero) is 1. The first-order valence-corrected chi connectivity index (χ1v) is 7.91. The number of carbonyl (C=O) groups is 2. The zero-order valence-corrected chi connectivity index (χ0v) is 14.0. The number of halogens is 1. The number of ether oxygens (including phenoxy) is 2. The summed E-state index contributed by atoms with van der Waals surface area (Å²) in [6, 6.07) is 10.4. The van der Waals surface area contributed by atoms with Gasteiger partial charge in [0, 0.05) is 17.5 Å². The van der Waals surface area contributed by atoms with Crippen molar-refractivity contribution in [3.05, 3.63) is 63.9 Å². The molecule has 2 aromatic carbocycles. The molecule has 24 heavy (non-hydrogen) atoms. The zero-order chi connectivity index (χ0) is 17.3. The van der Waals surface area contributed by atoms with Crippen molar-refractivity contribution in [3.63, 3.8) is 0 Å². The lowest BCUT2D eigenvalue weighted by molar-refractivity contribution is -0.134. The molecule has 0 atom stereocenters. The van der Waals surface area contributed by atoms with Crippen LogP contribution in [-0.4, -0.2) is 11.8 Å². The summed E-state index contributed by atoms with van der Waals surface area (Å²) in [6.07, 6.45) is 1.88. The molecule has 2 aromatic rings. The van der Waals surface area contributed by atoms with Crippen LogP contribution in [0.25, 0.3) is 6.08 Å². The van der Waals surface area contributed by atoms with E-state index < -0.39 is 0 Å². The third-order valence-electron chi connectivity index (χ3n) is 3.66. The van der Waals surface area contributed by atoms with Gasteiger partial charge in [0.05, 0.1) is 5.56 Å². The number of aryl methyl sites for hydroxylation is 1. The maximum Gasteiger partial charge on any atom is 0.310 e. The highest BCUT2D eigenvalue weighted by atomic mass is 35.5. The summed E-state index contributed by atoms with van der Waals surface area (Å²) < 4.78 is 10.9. The first-order chi connectivity index (χ1) is 11.5. The van der Waals surface area contributed by atoms with Gasteiger partial charge in [0.15, 0.2) is 5.76 Å². The van der Waals surface area contributed by atoms with E-state index in [0.29, 0.717) is 33.2 Å². The number of hydrogen-bond donors (Lipinski definition) is 0. The van der Waals surface area contributed by atoms with Crippen LogP contribution in [-0.2, 0) is 4.79 Å². The van der Waals surface area contributed by atoms with E-state index in [-0.39, 0.29) is 23.9 Å². The molecule has 3 rings (SSSR count). The molecular formula is C19H15ClO4. The number of allylic oxidation sites excluding steroid dienone is 1. The number of rotatable bonds is 3. The molecule has 0 bridgehead atoms. The molecule has 1 aliphatic rings. The first-order valence-electron chi connectivity index (χ1n) is 7.53. The molecule has 1 heterocycles. The summed E-state index contributed by atoms with van der Waals surface area (Å²) in [6.45, 7) is 3.49. The minimum absolute atomic E-state index is 0.195. The largest absolute Gasteiger partial charge is 0.452 e. The topological polar surface area (TPSA) is 52.6 Å². The van der Waals surface area contributed by atoms with Gasteiger partial charge in [-0.2, -0.15) is 0 Å². The molecule has 0 saturated carbocycles. The molecule has 4 nitrogen and oxygen atoms in total. The van der Waals surface area contributed by atoms with Gasteiger partial charge in [-0.05, 0) is 36.3 Å². The average Bonchev–Trinajstić information content (AvgIpc) is 2.86. The molecular weight excluding hydrogens is 328 g/mol. The highest BCUT2D eigenvalue weighted by Gasteiger charge is 2.30. The van der Waals surface area contributed by atoms with Crippen molar-refractivity contribution in [1.82, 2.24) is 0 Å².